The highest BCUT2D eigenvalue weighted by atomic mass is 16.5. The number of aliphatic hydroxyl groups excluding tert-OH is 1. The predicted octanol–water partition coefficient (Wildman–Crippen LogP) is 0.644. The molecule has 1 aliphatic heterocycles. The van der Waals surface area contributed by atoms with Crippen molar-refractivity contribution in [1.29, 1.82) is 0 Å². The fraction of sp³-hybridized carbons (Fsp3) is 0.909. The average Bonchev–Trinajstić information content (AvgIpc) is 2.29. The minimum atomic E-state index is 0.0455. The van der Waals surface area contributed by atoms with Gasteiger partial charge < -0.3 is 14.7 Å². The van der Waals surface area contributed by atoms with Crippen LogP contribution in [-0.4, -0.2) is 49.3 Å². The van der Waals surface area contributed by atoms with Gasteiger partial charge in [-0.1, -0.05) is 6.92 Å². The smallest absolute Gasteiger partial charge is 0.248 e. The maximum absolute atomic E-state index is 11.5. The Hall–Kier alpha value is -0.610. The van der Waals surface area contributed by atoms with Crippen LogP contribution in [0.5, 0.6) is 0 Å². The van der Waals surface area contributed by atoms with Crippen LogP contribution in [0.3, 0.4) is 0 Å². The molecular weight excluding hydrogens is 194 g/mol. The van der Waals surface area contributed by atoms with Crippen LogP contribution in [0, 0.1) is 5.41 Å². The molecule has 4 nitrogen and oxygen atoms in total. The summed E-state index contributed by atoms with van der Waals surface area (Å²) in [5.41, 5.74) is 0.0455. The summed E-state index contributed by atoms with van der Waals surface area (Å²) < 4.78 is 4.82. The molecule has 1 heterocycles. The van der Waals surface area contributed by atoms with E-state index in [1.807, 2.05) is 4.90 Å². The molecule has 0 aliphatic carbocycles. The van der Waals surface area contributed by atoms with Crippen molar-refractivity contribution < 1.29 is 14.6 Å². The fourth-order valence-electron chi connectivity index (χ4n) is 2.07. The van der Waals surface area contributed by atoms with Gasteiger partial charge in [-0.2, -0.15) is 0 Å². The summed E-state index contributed by atoms with van der Waals surface area (Å²) in [7, 11) is 1.53. The third kappa shape index (κ3) is 2.92. The molecule has 0 aromatic rings. The molecule has 1 rings (SSSR count). The van der Waals surface area contributed by atoms with Crippen LogP contribution < -0.4 is 0 Å². The summed E-state index contributed by atoms with van der Waals surface area (Å²) in [6.07, 6.45) is 2.78. The summed E-state index contributed by atoms with van der Waals surface area (Å²) >= 11 is 0. The van der Waals surface area contributed by atoms with Gasteiger partial charge in [0.1, 0.15) is 6.61 Å². The molecule has 1 saturated heterocycles. The van der Waals surface area contributed by atoms with Crippen LogP contribution in [-0.2, 0) is 9.53 Å². The standard InChI is InChI=1S/C11H21NO3/c1-3-11(9-13)4-6-12(7-5-11)10(14)8-15-2/h13H,3-9H2,1-2H3. The van der Waals surface area contributed by atoms with Gasteiger partial charge in [0.25, 0.3) is 0 Å². The highest BCUT2D eigenvalue weighted by Crippen LogP contribution is 2.34. The molecule has 0 unspecified atom stereocenters. The molecule has 0 aromatic carbocycles. The van der Waals surface area contributed by atoms with Crippen LogP contribution >= 0.6 is 0 Å². The maximum Gasteiger partial charge on any atom is 0.248 e. The second-order valence-electron chi connectivity index (χ2n) is 4.33. The van der Waals surface area contributed by atoms with Gasteiger partial charge in [0.05, 0.1) is 0 Å². The number of ether oxygens (including phenoxy) is 1. The Balaban J connectivity index is 2.44. The van der Waals surface area contributed by atoms with Gasteiger partial charge in [-0.25, -0.2) is 0 Å². The number of aliphatic hydroxyl groups is 1. The zero-order chi connectivity index (χ0) is 11.3. The van der Waals surface area contributed by atoms with Crippen molar-refractivity contribution in [3.05, 3.63) is 0 Å². The van der Waals surface area contributed by atoms with E-state index in [1.54, 1.807) is 0 Å². The van der Waals surface area contributed by atoms with E-state index in [9.17, 15) is 9.90 Å². The topological polar surface area (TPSA) is 49.8 Å². The van der Waals surface area contributed by atoms with E-state index in [1.165, 1.54) is 7.11 Å². The molecule has 1 N–H and O–H groups in total. The van der Waals surface area contributed by atoms with E-state index in [0.717, 1.165) is 32.4 Å². The van der Waals surface area contributed by atoms with Crippen LogP contribution in [0.1, 0.15) is 26.2 Å². The molecule has 0 saturated carbocycles. The lowest BCUT2D eigenvalue weighted by molar-refractivity contribution is -0.138. The Morgan fingerprint density at radius 3 is 2.47 bits per heavy atom. The molecule has 0 atom stereocenters. The van der Waals surface area contributed by atoms with Gasteiger partial charge in [0, 0.05) is 26.8 Å². The van der Waals surface area contributed by atoms with Crippen molar-refractivity contribution >= 4 is 5.91 Å². The number of piperidine rings is 1. The maximum atomic E-state index is 11.5. The molecule has 1 fully saturated rings. The minimum Gasteiger partial charge on any atom is -0.396 e. The number of amides is 1. The van der Waals surface area contributed by atoms with Crippen LogP contribution in [0.4, 0.5) is 0 Å². The summed E-state index contributed by atoms with van der Waals surface area (Å²) in [5.74, 6) is 0.0557. The Bertz CT molecular complexity index is 204. The highest BCUT2D eigenvalue weighted by Gasteiger charge is 2.33. The normalized spacial score (nSPS) is 20.3. The number of likely N-dealkylation sites (tertiary alicyclic amines) is 1. The number of nitrogens with zero attached hydrogens (tertiary/aromatic N) is 1. The number of hydrogen-bond donors (Lipinski definition) is 1. The molecule has 0 bridgehead atoms. The van der Waals surface area contributed by atoms with Gasteiger partial charge in [0.2, 0.25) is 5.91 Å². The van der Waals surface area contributed by atoms with Crippen LogP contribution in [0.25, 0.3) is 0 Å². The zero-order valence-electron chi connectivity index (χ0n) is 9.66. The van der Waals surface area contributed by atoms with Gasteiger partial charge in [-0.15, -0.1) is 0 Å². The molecule has 4 heteroatoms. The SMILES string of the molecule is CCC1(CO)CCN(C(=O)COC)CC1. The monoisotopic (exact) mass is 215 g/mol. The number of carbonyl (C=O) groups is 1. The summed E-state index contributed by atoms with van der Waals surface area (Å²) in [6.45, 7) is 3.99. The molecule has 15 heavy (non-hydrogen) atoms. The first-order valence-electron chi connectivity index (χ1n) is 5.55. The van der Waals surface area contributed by atoms with Gasteiger partial charge in [-0.3, -0.25) is 4.79 Å². The predicted molar refractivity (Wildman–Crippen MR) is 57.5 cm³/mol. The largest absolute Gasteiger partial charge is 0.396 e. The number of carbonyl (C=O) groups excluding carboxylic acids is 1. The lowest BCUT2D eigenvalue weighted by Gasteiger charge is -2.40. The van der Waals surface area contributed by atoms with E-state index >= 15 is 0 Å². The van der Waals surface area contributed by atoms with Crippen molar-refractivity contribution in [2.45, 2.75) is 26.2 Å². The Morgan fingerprint density at radius 1 is 1.47 bits per heavy atom. The van der Waals surface area contributed by atoms with Crippen molar-refractivity contribution in [1.82, 2.24) is 4.90 Å². The molecule has 1 amide bonds. The van der Waals surface area contributed by atoms with Crippen molar-refractivity contribution in [2.24, 2.45) is 5.41 Å². The van der Waals surface area contributed by atoms with Crippen molar-refractivity contribution in [3.8, 4) is 0 Å². The minimum absolute atomic E-state index is 0.0455. The molecule has 0 radical (unpaired) electrons. The second-order valence-corrected chi connectivity index (χ2v) is 4.33. The molecule has 1 aliphatic rings. The quantitative estimate of drug-likeness (QED) is 0.749. The van der Waals surface area contributed by atoms with E-state index < -0.39 is 0 Å². The Labute approximate surface area is 91.2 Å². The summed E-state index contributed by atoms with van der Waals surface area (Å²) in [5, 5.41) is 9.34. The second kappa shape index (κ2) is 5.47. The lowest BCUT2D eigenvalue weighted by atomic mass is 9.77. The number of hydrogen-bond acceptors (Lipinski definition) is 3. The van der Waals surface area contributed by atoms with Crippen molar-refractivity contribution in [3.63, 3.8) is 0 Å². The lowest BCUT2D eigenvalue weighted by Crippen LogP contribution is -2.45. The van der Waals surface area contributed by atoms with Gasteiger partial charge in [0.15, 0.2) is 0 Å². The van der Waals surface area contributed by atoms with Gasteiger partial charge in [-0.05, 0) is 24.7 Å². The molecular formula is C11H21NO3. The summed E-state index contributed by atoms with van der Waals surface area (Å²) in [4.78, 5) is 13.4. The average molecular weight is 215 g/mol. The van der Waals surface area contributed by atoms with Crippen LogP contribution in [0.2, 0.25) is 0 Å². The van der Waals surface area contributed by atoms with Gasteiger partial charge >= 0.3 is 0 Å². The van der Waals surface area contributed by atoms with Crippen molar-refractivity contribution in [2.75, 3.05) is 33.4 Å². The number of rotatable bonds is 4. The Morgan fingerprint density at radius 2 is 2.07 bits per heavy atom. The van der Waals surface area contributed by atoms with E-state index in [0.29, 0.717) is 0 Å². The molecule has 0 spiro atoms. The third-order valence-corrected chi connectivity index (χ3v) is 3.53. The first-order chi connectivity index (χ1) is 7.17. The first-order valence-corrected chi connectivity index (χ1v) is 5.55. The first kappa shape index (κ1) is 12.5. The third-order valence-electron chi connectivity index (χ3n) is 3.53. The zero-order valence-corrected chi connectivity index (χ0v) is 9.66. The van der Waals surface area contributed by atoms with E-state index in [-0.39, 0.29) is 24.5 Å². The van der Waals surface area contributed by atoms with E-state index in [4.69, 9.17) is 4.74 Å². The van der Waals surface area contributed by atoms with E-state index in [2.05, 4.69) is 6.92 Å². The summed E-state index contributed by atoms with van der Waals surface area (Å²) in [6, 6.07) is 0. The fourth-order valence-corrected chi connectivity index (χ4v) is 2.07. The van der Waals surface area contributed by atoms with Crippen LogP contribution in [0.15, 0.2) is 0 Å². The number of methoxy groups -OCH3 is 1. The Kier molecular flexibility index (Phi) is 4.54. The highest BCUT2D eigenvalue weighted by molar-refractivity contribution is 5.77. The molecule has 88 valence electrons. The molecule has 0 aromatic heterocycles.